The molecule has 7 heteroatoms. The van der Waals surface area contributed by atoms with E-state index in [2.05, 4.69) is 20.7 Å². The largest absolute Gasteiger partial charge is 0.497 e. The molecule has 2 unspecified atom stereocenters. The van der Waals surface area contributed by atoms with E-state index in [4.69, 9.17) is 9.15 Å². The second kappa shape index (κ2) is 8.47. The van der Waals surface area contributed by atoms with Crippen LogP contribution < -0.4 is 10.2 Å². The highest BCUT2D eigenvalue weighted by Gasteiger charge is 2.41. The van der Waals surface area contributed by atoms with E-state index in [9.17, 15) is 4.79 Å². The summed E-state index contributed by atoms with van der Waals surface area (Å²) in [5.74, 6) is 0.994. The molecule has 158 valence electrons. The quantitative estimate of drug-likeness (QED) is 0.461. The molecule has 0 radical (unpaired) electrons. The zero-order valence-electron chi connectivity index (χ0n) is 17.3. The number of ether oxygens (including phenoxy) is 1. The maximum atomic E-state index is 13.2. The number of aromatic nitrogens is 2. The number of methoxy groups -OCH3 is 1. The van der Waals surface area contributed by atoms with Crippen LogP contribution in [-0.4, -0.2) is 28.8 Å². The van der Waals surface area contributed by atoms with Gasteiger partial charge in [-0.3, -0.25) is 10.2 Å². The van der Waals surface area contributed by atoms with Crippen molar-refractivity contribution >= 4 is 11.5 Å². The van der Waals surface area contributed by atoms with Gasteiger partial charge in [0.05, 0.1) is 13.0 Å². The van der Waals surface area contributed by atoms with Crippen molar-refractivity contribution in [3.8, 4) is 17.2 Å². The van der Waals surface area contributed by atoms with Crippen LogP contribution in [0.15, 0.2) is 94.4 Å². The molecule has 7 nitrogen and oxygen atoms in total. The Hall–Kier alpha value is -4.26. The molecule has 0 fully saturated rings. The lowest BCUT2D eigenvalue weighted by Gasteiger charge is -2.18. The normalized spacial score (nSPS) is 17.5. The minimum Gasteiger partial charge on any atom is -0.497 e. The Balaban J connectivity index is 1.49. The average molecular weight is 424 g/mol. The van der Waals surface area contributed by atoms with Gasteiger partial charge in [0.25, 0.3) is 0 Å². The smallest absolute Gasteiger partial charge is 0.247 e. The van der Waals surface area contributed by atoms with E-state index in [1.807, 2.05) is 72.8 Å². The van der Waals surface area contributed by atoms with Crippen LogP contribution in [0, 0.1) is 0 Å². The molecule has 32 heavy (non-hydrogen) atoms. The Morgan fingerprint density at radius 1 is 0.906 bits per heavy atom. The van der Waals surface area contributed by atoms with Gasteiger partial charge in [0.15, 0.2) is 0 Å². The predicted molar refractivity (Wildman–Crippen MR) is 120 cm³/mol. The fourth-order valence-corrected chi connectivity index (χ4v) is 3.79. The highest BCUT2D eigenvalue weighted by Crippen LogP contribution is 2.37. The minimum atomic E-state index is -0.459. The molecule has 1 aliphatic rings. The number of nitrogens with one attached hydrogen (secondary N) is 1. The van der Waals surface area contributed by atoms with Crippen molar-refractivity contribution in [1.82, 2.24) is 15.6 Å². The number of benzene rings is 3. The molecule has 1 aliphatic heterocycles. The third-order valence-electron chi connectivity index (χ3n) is 5.42. The van der Waals surface area contributed by atoms with Crippen molar-refractivity contribution in [2.24, 2.45) is 5.10 Å². The van der Waals surface area contributed by atoms with E-state index >= 15 is 0 Å². The van der Waals surface area contributed by atoms with Crippen LogP contribution in [0.25, 0.3) is 11.5 Å². The highest BCUT2D eigenvalue weighted by molar-refractivity contribution is 6.48. The first-order valence-corrected chi connectivity index (χ1v) is 10.2. The first kappa shape index (κ1) is 19.7. The number of rotatable bonds is 6. The van der Waals surface area contributed by atoms with Gasteiger partial charge in [-0.1, -0.05) is 60.7 Å². The van der Waals surface area contributed by atoms with Gasteiger partial charge in [0.2, 0.25) is 17.6 Å². The van der Waals surface area contributed by atoms with E-state index < -0.39 is 6.04 Å². The molecular formula is C25H20N4O3. The maximum Gasteiger partial charge on any atom is 0.247 e. The number of hydrogen-bond donors (Lipinski definition) is 1. The third-order valence-corrected chi connectivity index (χ3v) is 5.42. The summed E-state index contributed by atoms with van der Waals surface area (Å²) in [7, 11) is 1.61. The molecule has 5 rings (SSSR count). The molecule has 1 aromatic heterocycles. The van der Waals surface area contributed by atoms with Gasteiger partial charge >= 0.3 is 0 Å². The molecular weight excluding hydrogens is 404 g/mol. The summed E-state index contributed by atoms with van der Waals surface area (Å²) in [5.41, 5.74) is 5.77. The number of hydrogen-bond acceptors (Lipinski definition) is 7. The fraction of sp³-hybridized carbons (Fsp3) is 0.120. The van der Waals surface area contributed by atoms with Gasteiger partial charge < -0.3 is 9.15 Å². The standard InChI is InChI=1S/C25H20N4O3/c1-31-19-14-12-18(13-15-19)24-28-29-25(32-24)22-20(16-8-4-2-5-9-16)21(26-27-22)23(30)17-10-6-3-7-11-17/h2-15,20,22,27H,1H3. The second-order valence-electron chi connectivity index (χ2n) is 7.36. The summed E-state index contributed by atoms with van der Waals surface area (Å²) in [5, 5.41) is 12.9. The lowest BCUT2D eigenvalue weighted by Crippen LogP contribution is -2.25. The lowest BCUT2D eigenvalue weighted by atomic mass is 9.85. The zero-order chi connectivity index (χ0) is 21.9. The van der Waals surface area contributed by atoms with Crippen molar-refractivity contribution in [3.63, 3.8) is 0 Å². The van der Waals surface area contributed by atoms with Crippen molar-refractivity contribution in [2.75, 3.05) is 7.11 Å². The summed E-state index contributed by atoms with van der Waals surface area (Å²) >= 11 is 0. The molecule has 0 bridgehead atoms. The summed E-state index contributed by atoms with van der Waals surface area (Å²) in [4.78, 5) is 13.2. The Morgan fingerprint density at radius 3 is 2.28 bits per heavy atom. The highest BCUT2D eigenvalue weighted by atomic mass is 16.5. The Bertz CT molecular complexity index is 1250. The summed E-state index contributed by atoms with van der Waals surface area (Å²) in [6.07, 6.45) is 0. The molecule has 1 N–H and O–H groups in total. The predicted octanol–water partition coefficient (Wildman–Crippen LogP) is 4.41. The van der Waals surface area contributed by atoms with Crippen molar-refractivity contribution in [3.05, 3.63) is 102 Å². The fourth-order valence-electron chi connectivity index (χ4n) is 3.79. The Labute approximate surface area is 184 Å². The minimum absolute atomic E-state index is 0.135. The van der Waals surface area contributed by atoms with Crippen LogP contribution in [0.3, 0.4) is 0 Å². The molecule has 0 amide bonds. The van der Waals surface area contributed by atoms with Crippen molar-refractivity contribution in [1.29, 1.82) is 0 Å². The first-order chi connectivity index (χ1) is 15.7. The van der Waals surface area contributed by atoms with Crippen LogP contribution >= 0.6 is 0 Å². The number of hydrazone groups is 1. The molecule has 4 aromatic rings. The lowest BCUT2D eigenvalue weighted by molar-refractivity contribution is 0.106. The van der Waals surface area contributed by atoms with Crippen molar-refractivity contribution in [2.45, 2.75) is 12.0 Å². The Kier molecular flexibility index (Phi) is 5.21. The Morgan fingerprint density at radius 2 is 1.59 bits per heavy atom. The molecule has 0 spiro atoms. The van der Waals surface area contributed by atoms with Crippen LogP contribution in [0.1, 0.15) is 33.8 Å². The average Bonchev–Trinajstić information content (AvgIpc) is 3.52. The van der Waals surface area contributed by atoms with E-state index in [0.717, 1.165) is 16.9 Å². The third kappa shape index (κ3) is 3.65. The van der Waals surface area contributed by atoms with Gasteiger partial charge in [0, 0.05) is 11.1 Å². The van der Waals surface area contributed by atoms with Crippen LogP contribution in [0.2, 0.25) is 0 Å². The molecule has 2 atom stereocenters. The number of ketones is 1. The van der Waals surface area contributed by atoms with E-state index in [0.29, 0.717) is 23.1 Å². The van der Waals surface area contributed by atoms with Gasteiger partial charge in [-0.2, -0.15) is 5.10 Å². The first-order valence-electron chi connectivity index (χ1n) is 10.2. The van der Waals surface area contributed by atoms with Gasteiger partial charge in [-0.15, -0.1) is 10.2 Å². The SMILES string of the molecule is COc1ccc(-c2nnc(C3NN=C(C(=O)c4ccccc4)C3c3ccccc3)o2)cc1. The van der Waals surface area contributed by atoms with Crippen LogP contribution in [-0.2, 0) is 0 Å². The zero-order valence-corrected chi connectivity index (χ0v) is 17.3. The topological polar surface area (TPSA) is 89.6 Å². The summed E-state index contributed by atoms with van der Waals surface area (Å²) in [6, 6.07) is 25.8. The number of Topliss-reactive ketones (excluding diaryl/α,β-unsaturated/α-hetero) is 1. The molecule has 0 saturated heterocycles. The monoisotopic (exact) mass is 424 g/mol. The van der Waals surface area contributed by atoms with E-state index in [1.165, 1.54) is 0 Å². The van der Waals surface area contributed by atoms with E-state index in [-0.39, 0.29) is 11.7 Å². The van der Waals surface area contributed by atoms with Gasteiger partial charge in [-0.05, 0) is 29.8 Å². The molecule has 2 heterocycles. The summed E-state index contributed by atoms with van der Waals surface area (Å²) < 4.78 is 11.2. The molecule has 3 aromatic carbocycles. The number of carbonyl (C=O) groups excluding carboxylic acids is 1. The van der Waals surface area contributed by atoms with Gasteiger partial charge in [0.1, 0.15) is 17.5 Å². The van der Waals surface area contributed by atoms with Gasteiger partial charge in [-0.25, -0.2) is 0 Å². The molecule has 0 saturated carbocycles. The number of carbonyl (C=O) groups is 1. The summed E-state index contributed by atoms with van der Waals surface area (Å²) in [6.45, 7) is 0. The maximum absolute atomic E-state index is 13.2. The van der Waals surface area contributed by atoms with Crippen molar-refractivity contribution < 1.29 is 13.9 Å². The number of nitrogens with zero attached hydrogens (tertiary/aromatic N) is 3. The second-order valence-corrected chi connectivity index (χ2v) is 7.36. The molecule has 0 aliphatic carbocycles. The van der Waals surface area contributed by atoms with E-state index in [1.54, 1.807) is 19.2 Å². The van der Waals surface area contributed by atoms with Crippen LogP contribution in [0.4, 0.5) is 0 Å². The van der Waals surface area contributed by atoms with Crippen LogP contribution in [0.5, 0.6) is 5.75 Å².